The third-order valence-corrected chi connectivity index (χ3v) is 8.02. The van der Waals surface area contributed by atoms with Crippen LogP contribution in [0.5, 0.6) is 0 Å². The minimum absolute atomic E-state index is 0.624. The minimum atomic E-state index is -2.45. The molecule has 0 aliphatic carbocycles. The van der Waals surface area contributed by atoms with E-state index >= 15 is 0 Å². The molecule has 2 nitrogen and oxygen atoms in total. The molecule has 78 valence electrons. The number of hydrogen-bond donors (Lipinski definition) is 0. The molecule has 0 radical (unpaired) electrons. The van der Waals surface area contributed by atoms with Gasteiger partial charge in [-0.1, -0.05) is 6.92 Å². The second-order valence-corrected chi connectivity index (χ2v) is 13.1. The Morgan fingerprint density at radius 2 is 1.92 bits per heavy atom. The number of rotatable bonds is 2. The highest BCUT2D eigenvalue weighted by molar-refractivity contribution is 9.42. The van der Waals surface area contributed by atoms with Crippen molar-refractivity contribution in [1.29, 1.82) is 0 Å². The van der Waals surface area contributed by atoms with Crippen LogP contribution in [-0.2, 0) is 9.52 Å². The molecule has 0 saturated heterocycles. The molecule has 6 heteroatoms. The van der Waals surface area contributed by atoms with Crippen LogP contribution in [0.15, 0.2) is 4.99 Å². The zero-order valence-corrected chi connectivity index (χ0v) is 13.1. The number of hydrogen-bond acceptors (Lipinski definition) is 2. The fourth-order valence-corrected chi connectivity index (χ4v) is 3.51. The monoisotopic (exact) mass is 395 g/mol. The molecule has 0 heterocycles. The van der Waals surface area contributed by atoms with Gasteiger partial charge in [-0.3, -0.25) is 9.20 Å². The van der Waals surface area contributed by atoms with Crippen LogP contribution in [0.2, 0.25) is 0 Å². The van der Waals surface area contributed by atoms with Gasteiger partial charge >= 0.3 is 0 Å². The zero-order chi connectivity index (χ0) is 10.7. The summed E-state index contributed by atoms with van der Waals surface area (Å²) in [4.78, 5) is 4.17. The topological polar surface area (TPSA) is 29.4 Å². The van der Waals surface area contributed by atoms with Crippen molar-refractivity contribution in [3.8, 4) is 0 Å². The maximum atomic E-state index is 12.1. The second-order valence-electron chi connectivity index (χ2n) is 2.34. The van der Waals surface area contributed by atoms with Crippen LogP contribution in [0.4, 0.5) is 0 Å². The van der Waals surface area contributed by atoms with E-state index in [4.69, 9.17) is 0 Å². The first-order chi connectivity index (χ1) is 5.77. The van der Waals surface area contributed by atoms with Crippen molar-refractivity contribution in [2.75, 3.05) is 6.54 Å². The average molecular weight is 398 g/mol. The van der Waals surface area contributed by atoms with Crippen molar-refractivity contribution in [1.82, 2.24) is 0 Å². The highest BCUT2D eigenvalue weighted by Gasteiger charge is 2.32. The molecule has 0 aliphatic heterocycles. The Morgan fingerprint density at radius 3 is 2.15 bits per heavy atom. The largest absolute Gasteiger partial charge is 0.281 e. The summed E-state index contributed by atoms with van der Waals surface area (Å²) in [5.41, 5.74) is 0. The Kier molecular flexibility index (Phi) is 5.74. The fraction of sp³-hybridized carbons (Fsp3) is 0.714. The fourth-order valence-electron chi connectivity index (χ4n) is 0.759. The van der Waals surface area contributed by atoms with E-state index in [0.717, 1.165) is 0 Å². The maximum Gasteiger partial charge on any atom is 0.206 e. The first kappa shape index (κ1) is 14.1. The number of alkyl halides is 3. The molecule has 0 aliphatic rings. The van der Waals surface area contributed by atoms with E-state index in [9.17, 15) is 4.21 Å². The Labute approximate surface area is 105 Å². The van der Waals surface area contributed by atoms with Gasteiger partial charge in [-0.05, 0) is 67.0 Å². The van der Waals surface area contributed by atoms with Gasteiger partial charge in [0.05, 0.1) is 5.04 Å². The molecule has 0 spiro atoms. The summed E-state index contributed by atoms with van der Waals surface area (Å²) >= 11 is 9.68. The van der Waals surface area contributed by atoms with Crippen molar-refractivity contribution < 1.29 is 4.21 Å². The molecule has 0 N–H and O–H groups in total. The van der Waals surface area contributed by atoms with E-state index in [1.807, 2.05) is 13.8 Å². The second kappa shape index (κ2) is 5.28. The van der Waals surface area contributed by atoms with Crippen molar-refractivity contribution in [3.63, 3.8) is 0 Å². The van der Waals surface area contributed by atoms with Crippen molar-refractivity contribution >= 4 is 68.2 Å². The van der Waals surface area contributed by atoms with E-state index < -0.39 is 11.0 Å². The molecule has 0 aromatic carbocycles. The van der Waals surface area contributed by atoms with Crippen LogP contribution in [0, 0.1) is 0 Å². The van der Waals surface area contributed by atoms with Crippen LogP contribution in [0.1, 0.15) is 20.3 Å². The lowest BCUT2D eigenvalue weighted by Crippen LogP contribution is -2.26. The molecule has 1 atom stereocenters. The molecule has 0 aromatic heterocycles. The molecule has 0 aromatic rings. The summed E-state index contributed by atoms with van der Waals surface area (Å²) in [6, 6.07) is 0. The highest BCUT2D eigenvalue weighted by atomic mass is 80.0. The van der Waals surface area contributed by atoms with Gasteiger partial charge in [-0.25, -0.2) is 0 Å². The van der Waals surface area contributed by atoms with Crippen LogP contribution >= 0.6 is 47.8 Å². The number of nitrogens with zero attached hydrogens (tertiary/aromatic N) is 1. The first-order valence-electron chi connectivity index (χ1n) is 3.74. The van der Waals surface area contributed by atoms with Gasteiger partial charge in [0.2, 0.25) is 1.47 Å². The molecule has 13 heavy (non-hydrogen) atoms. The van der Waals surface area contributed by atoms with E-state index in [-0.39, 0.29) is 0 Å². The molecular formula is C7H12Br3NOS. The van der Waals surface area contributed by atoms with Gasteiger partial charge < -0.3 is 0 Å². The molecule has 0 fully saturated rings. The normalized spacial score (nSPS) is 18.4. The van der Waals surface area contributed by atoms with Crippen LogP contribution < -0.4 is 0 Å². The van der Waals surface area contributed by atoms with Crippen molar-refractivity contribution in [2.45, 2.75) is 21.7 Å². The van der Waals surface area contributed by atoms with Gasteiger partial charge in [-0.15, -0.1) is 0 Å². The molecular weight excluding hydrogens is 386 g/mol. The van der Waals surface area contributed by atoms with Crippen LogP contribution in [-0.4, -0.2) is 23.1 Å². The molecule has 0 rings (SSSR count). The van der Waals surface area contributed by atoms with Crippen LogP contribution in [0.3, 0.4) is 0 Å². The highest BCUT2D eigenvalue weighted by Crippen LogP contribution is 2.40. The number of aliphatic imine (C=N–C) groups is 1. The van der Waals surface area contributed by atoms with Gasteiger partial charge in [0.1, 0.15) is 0 Å². The van der Waals surface area contributed by atoms with Gasteiger partial charge in [0, 0.05) is 16.1 Å². The minimum Gasteiger partial charge on any atom is -0.281 e. The van der Waals surface area contributed by atoms with E-state index in [0.29, 0.717) is 18.0 Å². The number of halogens is 3. The molecule has 0 saturated carbocycles. The summed E-state index contributed by atoms with van der Waals surface area (Å²) < 4.78 is 11.3. The maximum absolute atomic E-state index is 12.1. The molecule has 0 bridgehead atoms. The van der Waals surface area contributed by atoms with Crippen LogP contribution in [0.25, 0.3) is 0 Å². The Hall–Kier alpha value is 1.13. The summed E-state index contributed by atoms with van der Waals surface area (Å²) in [6.45, 7) is 4.44. The standard InChI is InChI=1S/C7H12Br3NOS/c1-4-6(11-5-2)13(3,12)7(8,9)10/h3-5H2,1-2H3. The smallest absolute Gasteiger partial charge is 0.206 e. The summed E-state index contributed by atoms with van der Waals surface area (Å²) in [5.74, 6) is 3.69. The van der Waals surface area contributed by atoms with E-state index in [1.165, 1.54) is 0 Å². The third kappa shape index (κ3) is 3.64. The SMILES string of the molecule is C=S(=O)(C(CC)=NCC)C(Br)(Br)Br. The first-order valence-corrected chi connectivity index (χ1v) is 7.84. The lowest BCUT2D eigenvalue weighted by atomic mass is 10.5. The zero-order valence-electron chi connectivity index (χ0n) is 7.52. The lowest BCUT2D eigenvalue weighted by Gasteiger charge is -2.19. The summed E-state index contributed by atoms with van der Waals surface area (Å²) in [6.07, 6.45) is 0.640. The lowest BCUT2D eigenvalue weighted by molar-refractivity contribution is 0.689. The van der Waals surface area contributed by atoms with Crippen molar-refractivity contribution in [2.24, 2.45) is 4.99 Å². The quantitative estimate of drug-likeness (QED) is 0.304. The van der Waals surface area contributed by atoms with Gasteiger partial charge in [0.25, 0.3) is 0 Å². The molecule has 0 amide bonds. The van der Waals surface area contributed by atoms with Gasteiger partial charge in [-0.2, -0.15) is 0 Å². The molecule has 1 unspecified atom stereocenters. The Balaban J connectivity index is 5.16. The predicted molar refractivity (Wildman–Crippen MR) is 73.0 cm³/mol. The van der Waals surface area contributed by atoms with E-state index in [1.54, 1.807) is 0 Å². The summed E-state index contributed by atoms with van der Waals surface area (Å²) in [7, 11) is -2.45. The van der Waals surface area contributed by atoms with Gasteiger partial charge in [0.15, 0.2) is 0 Å². The summed E-state index contributed by atoms with van der Waals surface area (Å²) in [5, 5.41) is 0.626. The third-order valence-electron chi connectivity index (χ3n) is 1.39. The Morgan fingerprint density at radius 1 is 1.46 bits per heavy atom. The Bertz CT molecular complexity index is 289. The van der Waals surface area contributed by atoms with Crippen molar-refractivity contribution in [3.05, 3.63) is 0 Å². The predicted octanol–water partition coefficient (Wildman–Crippen LogP) is 3.33. The van der Waals surface area contributed by atoms with E-state index in [2.05, 4.69) is 58.7 Å². The average Bonchev–Trinajstić information content (AvgIpc) is 1.97.